The summed E-state index contributed by atoms with van der Waals surface area (Å²) in [6.45, 7) is 15.6. The average Bonchev–Trinajstić information content (AvgIpc) is 3.75. The second kappa shape index (κ2) is 8.97. The second-order valence-electron chi connectivity index (χ2n) is 21.7. The monoisotopic (exact) mass is 764 g/mol. The lowest BCUT2D eigenvalue weighted by atomic mass is 9.33. The van der Waals surface area contributed by atoms with Crippen molar-refractivity contribution in [2.24, 2.45) is 68.0 Å². The third kappa shape index (κ3) is 2.82. The number of ether oxygens (including phenoxy) is 4. The first-order chi connectivity index (χ1) is 25.6. The fraction of sp³-hybridized carbons (Fsp3) is 0.833. The lowest BCUT2D eigenvalue weighted by molar-refractivity contribution is -0.474. The van der Waals surface area contributed by atoms with Gasteiger partial charge in [-0.15, -0.1) is 0 Å². The van der Waals surface area contributed by atoms with E-state index in [-0.39, 0.29) is 43.0 Å². The van der Waals surface area contributed by atoms with E-state index in [0.29, 0.717) is 38.5 Å². The number of aliphatic hydroxyl groups excluding tert-OH is 4. The Morgan fingerprint density at radius 2 is 1.16 bits per heavy atom. The Balaban J connectivity index is 1.06. The summed E-state index contributed by atoms with van der Waals surface area (Å²) in [4.78, 5) is 45.1. The molecule has 5 spiro atoms. The van der Waals surface area contributed by atoms with E-state index in [0.717, 1.165) is 0 Å². The van der Waals surface area contributed by atoms with Crippen molar-refractivity contribution >= 4 is 17.3 Å². The smallest absolute Gasteiger partial charge is 0.208 e. The van der Waals surface area contributed by atoms with Gasteiger partial charge < -0.3 is 49.6 Å². The summed E-state index contributed by atoms with van der Waals surface area (Å²) in [7, 11) is 0. The van der Waals surface area contributed by atoms with E-state index in [1.165, 1.54) is 0 Å². The number of hydrogen-bond acceptors (Lipinski definition) is 13. The standard InChI is InChI=1S/C42H52O13/c1-17-19-7-9-21-36-15-52-40(50,38(21,25(17)43)27(19)45)29(47)23(36)32(3,4)13-34(31(36)49)11-12-35-14-33(5,6)24-30(48)41(51)39-22(10-8-20(28(39)46)18(2)26(39)44)37(24,16-53-41)42(35,54-34)55-35/h19-24,27-30,45-48,50-51H,1-2,7-16H2,3-6H3/t19-,20-,21-,22-,23+,24+,27+,28+,29-,30-,34+,35+,36-,37-,38-,39-,40-,41-,42+/m0/s1. The Labute approximate surface area is 318 Å². The number of carbonyl (C=O) groups is 3. The van der Waals surface area contributed by atoms with Gasteiger partial charge in [-0.25, -0.2) is 0 Å². The molecule has 0 unspecified atom stereocenters. The molecule has 14 rings (SSSR count). The number of rotatable bonds is 0. The van der Waals surface area contributed by atoms with Crippen molar-refractivity contribution in [3.63, 3.8) is 0 Å². The number of ketones is 3. The van der Waals surface area contributed by atoms with Crippen molar-refractivity contribution in [1.82, 2.24) is 0 Å². The summed E-state index contributed by atoms with van der Waals surface area (Å²) in [5, 5.41) is 73.8. The fourth-order valence-corrected chi connectivity index (χ4v) is 18.2. The summed E-state index contributed by atoms with van der Waals surface area (Å²) < 4.78 is 27.2. The van der Waals surface area contributed by atoms with Crippen LogP contribution in [0.1, 0.15) is 79.1 Å². The molecule has 6 heterocycles. The topological polar surface area (TPSA) is 213 Å². The molecule has 0 radical (unpaired) electrons. The van der Waals surface area contributed by atoms with E-state index in [2.05, 4.69) is 13.2 Å². The number of aliphatic hydroxyl groups is 6. The molecule has 0 amide bonds. The molecule has 8 bridgehead atoms. The molecule has 13 nitrogen and oxygen atoms in total. The molecule has 8 saturated carbocycles. The Bertz CT molecular complexity index is 2010. The Hall–Kier alpha value is -1.91. The number of fused-ring (bicyclic) bond motifs is 4. The summed E-state index contributed by atoms with van der Waals surface area (Å²) in [5.74, 6) is -12.4. The van der Waals surface area contributed by atoms with Crippen LogP contribution in [0, 0.1) is 68.0 Å². The van der Waals surface area contributed by atoms with Crippen LogP contribution in [0.5, 0.6) is 0 Å². The molecule has 6 N–H and O–H groups in total. The third-order valence-electron chi connectivity index (χ3n) is 19.4. The quantitative estimate of drug-likeness (QED) is 0.149. The third-order valence-corrected chi connectivity index (χ3v) is 19.4. The molecule has 14 aliphatic rings. The maximum atomic E-state index is 16.2. The Kier molecular flexibility index (Phi) is 5.72. The van der Waals surface area contributed by atoms with Crippen LogP contribution in [0.25, 0.3) is 0 Å². The zero-order valence-corrected chi connectivity index (χ0v) is 31.8. The largest absolute Gasteiger partial charge is 0.391 e. The molecule has 0 aromatic rings. The molecule has 6 saturated heterocycles. The van der Waals surface area contributed by atoms with Gasteiger partial charge in [0.1, 0.15) is 34.2 Å². The van der Waals surface area contributed by atoms with E-state index in [1.54, 1.807) is 0 Å². The highest BCUT2D eigenvalue weighted by Gasteiger charge is 2.99. The molecular formula is C42H52O13. The molecule has 14 fully saturated rings. The highest BCUT2D eigenvalue weighted by molar-refractivity contribution is 6.07. The molecular weight excluding hydrogens is 712 g/mol. The van der Waals surface area contributed by atoms with E-state index in [4.69, 9.17) is 18.9 Å². The molecule has 8 aliphatic carbocycles. The van der Waals surface area contributed by atoms with Crippen molar-refractivity contribution in [1.29, 1.82) is 0 Å². The lowest BCUT2D eigenvalue weighted by Crippen LogP contribution is -2.89. The molecule has 19 atom stereocenters. The lowest BCUT2D eigenvalue weighted by Gasteiger charge is -2.76. The van der Waals surface area contributed by atoms with Gasteiger partial charge >= 0.3 is 0 Å². The number of epoxide rings is 1. The zero-order chi connectivity index (χ0) is 39.1. The van der Waals surface area contributed by atoms with Gasteiger partial charge in [0, 0.05) is 23.7 Å². The first-order valence-electron chi connectivity index (χ1n) is 20.4. The van der Waals surface area contributed by atoms with E-state index in [9.17, 15) is 40.2 Å². The van der Waals surface area contributed by atoms with Gasteiger partial charge in [-0.05, 0) is 85.2 Å². The van der Waals surface area contributed by atoms with Crippen LogP contribution >= 0.6 is 0 Å². The first-order valence-corrected chi connectivity index (χ1v) is 20.4. The molecule has 6 aliphatic heterocycles. The van der Waals surface area contributed by atoms with E-state index >= 15 is 4.79 Å². The van der Waals surface area contributed by atoms with Crippen LogP contribution in [0.4, 0.5) is 0 Å². The van der Waals surface area contributed by atoms with Gasteiger partial charge in [0.15, 0.2) is 17.3 Å². The molecule has 13 heteroatoms. The minimum absolute atomic E-state index is 0.124. The molecule has 0 aromatic carbocycles. The van der Waals surface area contributed by atoms with Crippen LogP contribution in [0.3, 0.4) is 0 Å². The summed E-state index contributed by atoms with van der Waals surface area (Å²) in [6.07, 6.45) is -3.41. The van der Waals surface area contributed by atoms with Crippen molar-refractivity contribution in [3.05, 3.63) is 24.3 Å². The van der Waals surface area contributed by atoms with Crippen molar-refractivity contribution < 1.29 is 64.0 Å². The van der Waals surface area contributed by atoms with Gasteiger partial charge in [0.2, 0.25) is 17.4 Å². The van der Waals surface area contributed by atoms with E-state index < -0.39 is 133 Å². The van der Waals surface area contributed by atoms with Crippen LogP contribution in [-0.2, 0) is 33.3 Å². The van der Waals surface area contributed by atoms with Crippen molar-refractivity contribution in [2.75, 3.05) is 13.2 Å². The van der Waals surface area contributed by atoms with Crippen molar-refractivity contribution in [2.45, 2.75) is 132 Å². The van der Waals surface area contributed by atoms with E-state index in [1.807, 2.05) is 27.7 Å². The Morgan fingerprint density at radius 3 is 1.78 bits per heavy atom. The van der Waals surface area contributed by atoms with Crippen molar-refractivity contribution in [3.8, 4) is 0 Å². The highest BCUT2D eigenvalue weighted by Crippen LogP contribution is 2.87. The van der Waals surface area contributed by atoms with Gasteiger partial charge in [-0.3, -0.25) is 14.4 Å². The molecule has 55 heavy (non-hydrogen) atoms. The predicted octanol–water partition coefficient (Wildman–Crippen LogP) is 0.846. The predicted molar refractivity (Wildman–Crippen MR) is 185 cm³/mol. The summed E-state index contributed by atoms with van der Waals surface area (Å²) in [6, 6.07) is 0. The normalized spacial score (nSPS) is 64.7. The number of carbonyl (C=O) groups excluding carboxylic acids is 3. The van der Waals surface area contributed by atoms with Gasteiger partial charge in [-0.1, -0.05) is 40.9 Å². The van der Waals surface area contributed by atoms with Crippen LogP contribution in [0.15, 0.2) is 24.3 Å². The fourth-order valence-electron chi connectivity index (χ4n) is 18.2. The SMILES string of the molecule is C=C1C(=O)[C@]23[C@H](O)[C@H]1CC[C@H]2[C@@]12CO[C@@]3(O)[C@@H](O)[C@@H]1C(C)(C)C[C@]1(CC[C@@]34CC(C)(C)[C@H]5[C@H](O)[C@]6(O)OC[C@@]5([C@@H]5CC[C@H]7C(=C)C(=O)[C@]56[C@@H]7O)[C@]3(O1)O4)C2=O. The minimum atomic E-state index is -2.44. The first kappa shape index (κ1) is 35.1. The Morgan fingerprint density at radius 1 is 0.636 bits per heavy atom. The van der Waals surface area contributed by atoms with Crippen LogP contribution in [0.2, 0.25) is 0 Å². The number of hydrogen-bond donors (Lipinski definition) is 6. The number of Topliss-reactive ketones (excluding diaryl/α,β-unsaturated/α-hetero) is 3. The maximum absolute atomic E-state index is 16.2. The summed E-state index contributed by atoms with van der Waals surface area (Å²) >= 11 is 0. The summed E-state index contributed by atoms with van der Waals surface area (Å²) in [5.41, 5.74) is -10.5. The zero-order valence-electron chi connectivity index (χ0n) is 31.8. The molecule has 0 aromatic heterocycles. The minimum Gasteiger partial charge on any atom is -0.391 e. The maximum Gasteiger partial charge on any atom is 0.208 e. The van der Waals surface area contributed by atoms with Gasteiger partial charge in [0.05, 0.1) is 36.3 Å². The average molecular weight is 765 g/mol. The molecule has 298 valence electrons. The highest BCUT2D eigenvalue weighted by atomic mass is 16.8. The van der Waals surface area contributed by atoms with Gasteiger partial charge in [-0.2, -0.15) is 0 Å². The van der Waals surface area contributed by atoms with Crippen LogP contribution < -0.4 is 0 Å². The van der Waals surface area contributed by atoms with Crippen LogP contribution in [-0.4, -0.2) is 114 Å². The second-order valence-corrected chi connectivity index (χ2v) is 21.7. The van der Waals surface area contributed by atoms with Gasteiger partial charge in [0.25, 0.3) is 0 Å².